The largest absolute Gasteiger partial charge is 0.486 e. The average Bonchev–Trinajstić information content (AvgIpc) is 3.30. The molecule has 3 aromatic rings. The minimum absolute atomic E-state index is 0.0423. The van der Waals surface area contributed by atoms with E-state index in [0.717, 1.165) is 0 Å². The number of aromatic nitrogens is 2. The number of benzene rings is 2. The smallest absolute Gasteiger partial charge is 0.244 e. The third-order valence-corrected chi connectivity index (χ3v) is 8.25. The van der Waals surface area contributed by atoms with Crippen molar-refractivity contribution in [2.75, 3.05) is 31.6 Å². The second-order valence-corrected chi connectivity index (χ2v) is 10.6. The first-order valence-corrected chi connectivity index (χ1v) is 12.9. The molecule has 1 N–H and O–H groups in total. The number of ether oxygens (including phenoxy) is 2. The van der Waals surface area contributed by atoms with Gasteiger partial charge in [0.1, 0.15) is 18.1 Å². The van der Waals surface area contributed by atoms with Crippen molar-refractivity contribution in [3.05, 3.63) is 47.3 Å². The van der Waals surface area contributed by atoms with E-state index >= 15 is 0 Å². The highest BCUT2D eigenvalue weighted by atomic mass is 35.5. The number of hydrogen-bond donors (Lipinski definition) is 1. The molecule has 0 spiro atoms. The zero-order valence-corrected chi connectivity index (χ0v) is 20.4. The van der Waals surface area contributed by atoms with E-state index in [-0.39, 0.29) is 34.7 Å². The summed E-state index contributed by atoms with van der Waals surface area (Å²) in [6.45, 7) is 2.90. The molecule has 0 aliphatic carbocycles. The fourth-order valence-corrected chi connectivity index (χ4v) is 6.16. The Bertz CT molecular complexity index is 1380. The molecule has 3 heterocycles. The molecule has 0 saturated carbocycles. The third-order valence-electron chi connectivity index (χ3n) is 5.90. The number of rotatable bonds is 5. The highest BCUT2D eigenvalue weighted by molar-refractivity contribution is 7.89. The maximum atomic E-state index is 13.5. The lowest BCUT2D eigenvalue weighted by Gasteiger charge is -2.31. The van der Waals surface area contributed by atoms with Gasteiger partial charge in [-0.25, -0.2) is 8.42 Å². The van der Waals surface area contributed by atoms with E-state index in [2.05, 4.69) is 15.5 Å². The topological polar surface area (TPSA) is 124 Å². The minimum atomic E-state index is -3.97. The van der Waals surface area contributed by atoms with E-state index in [1.807, 2.05) is 0 Å². The minimum Gasteiger partial charge on any atom is -0.486 e. The monoisotopic (exact) mass is 518 g/mol. The Balaban J connectivity index is 1.33. The van der Waals surface area contributed by atoms with Crippen molar-refractivity contribution in [3.63, 3.8) is 0 Å². The molecule has 10 nitrogen and oxygen atoms in total. The Labute approximate surface area is 207 Å². The summed E-state index contributed by atoms with van der Waals surface area (Å²) in [4.78, 5) is 17.1. The van der Waals surface area contributed by atoms with Gasteiger partial charge in [-0.15, -0.1) is 0 Å². The number of fused-ring (bicyclic) bond motifs is 1. The van der Waals surface area contributed by atoms with E-state index in [4.69, 9.17) is 25.6 Å². The van der Waals surface area contributed by atoms with Gasteiger partial charge in [0, 0.05) is 37.3 Å². The summed E-state index contributed by atoms with van der Waals surface area (Å²) < 4.78 is 44.4. The van der Waals surface area contributed by atoms with Crippen LogP contribution >= 0.6 is 11.6 Å². The first-order chi connectivity index (χ1) is 16.8. The van der Waals surface area contributed by atoms with Crippen LogP contribution in [0.2, 0.25) is 5.02 Å². The number of hydrogen-bond acceptors (Lipinski definition) is 8. The number of sulfonamides is 1. The Morgan fingerprint density at radius 3 is 2.71 bits per heavy atom. The quantitative estimate of drug-likeness (QED) is 0.544. The van der Waals surface area contributed by atoms with Crippen LogP contribution in [0, 0.1) is 12.8 Å². The standard InChI is InChI=1S/C23H23ClN4O6S/c1-14-25-22(27-34-14)15-4-6-18(24)21(11-15)35(30,31)28-8-2-3-16(13-28)23(29)26-17-5-7-19-20(12-17)33-10-9-32-19/h4-7,11-12,16H,2-3,8-10,13H2,1H3,(H,26,29)/t16-/m1/s1. The van der Waals surface area contributed by atoms with E-state index in [0.29, 0.717) is 54.7 Å². The molecule has 5 rings (SSSR count). The number of anilines is 1. The van der Waals surface area contributed by atoms with Gasteiger partial charge in [-0.3, -0.25) is 4.79 Å². The van der Waals surface area contributed by atoms with Crippen molar-refractivity contribution >= 4 is 33.2 Å². The predicted octanol–water partition coefficient (Wildman–Crippen LogP) is 3.51. The molecule has 1 saturated heterocycles. The van der Waals surface area contributed by atoms with Crippen molar-refractivity contribution in [2.24, 2.45) is 5.92 Å². The van der Waals surface area contributed by atoms with Gasteiger partial charge in [-0.05, 0) is 43.2 Å². The first kappa shape index (κ1) is 23.6. The Morgan fingerprint density at radius 1 is 1.14 bits per heavy atom. The molecule has 0 radical (unpaired) electrons. The third kappa shape index (κ3) is 4.84. The molecular formula is C23H23ClN4O6S. The van der Waals surface area contributed by atoms with Crippen LogP contribution in [0.5, 0.6) is 11.5 Å². The Morgan fingerprint density at radius 2 is 1.94 bits per heavy atom. The van der Waals surface area contributed by atoms with Gasteiger partial charge in [0.25, 0.3) is 0 Å². The van der Waals surface area contributed by atoms with Crippen molar-refractivity contribution in [2.45, 2.75) is 24.7 Å². The summed E-state index contributed by atoms with van der Waals surface area (Å²) in [5.74, 6) is 1.04. The van der Waals surface area contributed by atoms with Crippen LogP contribution in [0.4, 0.5) is 5.69 Å². The summed E-state index contributed by atoms with van der Waals surface area (Å²) in [6, 6.07) is 9.72. The zero-order valence-electron chi connectivity index (χ0n) is 18.9. The summed E-state index contributed by atoms with van der Waals surface area (Å²) in [7, 11) is -3.97. The number of halogens is 1. The molecule has 1 fully saturated rings. The number of piperidine rings is 1. The van der Waals surface area contributed by atoms with Gasteiger partial charge < -0.3 is 19.3 Å². The molecule has 2 aliphatic rings. The van der Waals surface area contributed by atoms with E-state index in [1.165, 1.54) is 16.4 Å². The summed E-state index contributed by atoms with van der Waals surface area (Å²) in [5.41, 5.74) is 1.03. The van der Waals surface area contributed by atoms with Crippen LogP contribution in [-0.2, 0) is 14.8 Å². The summed E-state index contributed by atoms with van der Waals surface area (Å²) >= 11 is 6.29. The lowest BCUT2D eigenvalue weighted by molar-refractivity contribution is -0.120. The van der Waals surface area contributed by atoms with Gasteiger partial charge in [0.2, 0.25) is 27.6 Å². The van der Waals surface area contributed by atoms with Crippen LogP contribution in [0.15, 0.2) is 45.8 Å². The maximum Gasteiger partial charge on any atom is 0.244 e. The molecule has 2 aliphatic heterocycles. The molecule has 1 aromatic heterocycles. The van der Waals surface area contributed by atoms with E-state index in [1.54, 1.807) is 31.2 Å². The maximum absolute atomic E-state index is 13.5. The van der Waals surface area contributed by atoms with Crippen LogP contribution in [0.3, 0.4) is 0 Å². The average molecular weight is 519 g/mol. The molecule has 12 heteroatoms. The molecule has 184 valence electrons. The van der Waals surface area contributed by atoms with Crippen molar-refractivity contribution in [1.82, 2.24) is 14.4 Å². The molecular weight excluding hydrogens is 496 g/mol. The summed E-state index contributed by atoms with van der Waals surface area (Å²) in [5, 5.41) is 6.80. The number of nitrogens with one attached hydrogen (secondary N) is 1. The predicted molar refractivity (Wildman–Crippen MR) is 127 cm³/mol. The highest BCUT2D eigenvalue weighted by Gasteiger charge is 2.35. The SMILES string of the molecule is Cc1nc(-c2ccc(Cl)c(S(=O)(=O)N3CCC[C@@H](C(=O)Nc4ccc5c(c4)OCCO5)C3)c2)no1. The van der Waals surface area contributed by atoms with E-state index < -0.39 is 15.9 Å². The zero-order chi connectivity index (χ0) is 24.6. The molecule has 0 unspecified atom stereocenters. The van der Waals surface area contributed by atoms with Gasteiger partial charge in [0.15, 0.2) is 11.5 Å². The molecule has 35 heavy (non-hydrogen) atoms. The van der Waals surface area contributed by atoms with Gasteiger partial charge in [0.05, 0.1) is 10.9 Å². The molecule has 1 amide bonds. The number of carbonyl (C=O) groups excluding carboxylic acids is 1. The number of nitrogens with zero attached hydrogens (tertiary/aromatic N) is 3. The van der Waals surface area contributed by atoms with Gasteiger partial charge in [-0.1, -0.05) is 16.8 Å². The van der Waals surface area contributed by atoms with Gasteiger partial charge in [-0.2, -0.15) is 9.29 Å². The Hall–Kier alpha value is -3.15. The molecule has 1 atom stereocenters. The van der Waals surface area contributed by atoms with Crippen molar-refractivity contribution < 1.29 is 27.2 Å². The normalized spacial score (nSPS) is 18.3. The fourth-order valence-electron chi connectivity index (χ4n) is 4.14. The number of amides is 1. The lowest BCUT2D eigenvalue weighted by atomic mass is 9.98. The van der Waals surface area contributed by atoms with Crippen LogP contribution in [-0.4, -0.2) is 55.1 Å². The highest BCUT2D eigenvalue weighted by Crippen LogP contribution is 2.34. The van der Waals surface area contributed by atoms with Crippen LogP contribution < -0.4 is 14.8 Å². The fraction of sp³-hybridized carbons (Fsp3) is 0.348. The van der Waals surface area contributed by atoms with Crippen LogP contribution in [0.1, 0.15) is 18.7 Å². The number of aryl methyl sites for hydroxylation is 1. The molecule has 2 aromatic carbocycles. The van der Waals surface area contributed by atoms with Crippen LogP contribution in [0.25, 0.3) is 11.4 Å². The first-order valence-electron chi connectivity index (χ1n) is 11.1. The second kappa shape index (κ2) is 9.48. The number of carbonyl (C=O) groups is 1. The lowest BCUT2D eigenvalue weighted by Crippen LogP contribution is -2.43. The summed E-state index contributed by atoms with van der Waals surface area (Å²) in [6.07, 6.45) is 1.11. The van der Waals surface area contributed by atoms with Crippen molar-refractivity contribution in [1.29, 1.82) is 0 Å². The van der Waals surface area contributed by atoms with Crippen molar-refractivity contribution in [3.8, 4) is 22.9 Å². The van der Waals surface area contributed by atoms with E-state index in [9.17, 15) is 13.2 Å². The molecule has 0 bridgehead atoms. The Kier molecular flexibility index (Phi) is 6.39. The second-order valence-electron chi connectivity index (χ2n) is 8.33. The van der Waals surface area contributed by atoms with Gasteiger partial charge >= 0.3 is 0 Å².